The highest BCUT2D eigenvalue weighted by atomic mass is 32.2. The zero-order valence-corrected chi connectivity index (χ0v) is 14.9. The largest absolute Gasteiger partial charge is 0.497 e. The Morgan fingerprint density at radius 2 is 1.80 bits per heavy atom. The Morgan fingerprint density at radius 1 is 1.04 bits per heavy atom. The lowest BCUT2D eigenvalue weighted by Crippen LogP contribution is -2.23. The summed E-state index contributed by atoms with van der Waals surface area (Å²) < 4.78 is 42.4. The molecule has 0 aliphatic rings. The molecule has 134 valence electrons. The van der Waals surface area contributed by atoms with Crippen molar-refractivity contribution >= 4 is 16.0 Å². The summed E-state index contributed by atoms with van der Waals surface area (Å²) in [4.78, 5) is 11.5. The Balaban J connectivity index is 2.21. The molecule has 0 saturated heterocycles. The maximum atomic E-state index is 12.5. The number of hydrogen-bond acceptors (Lipinski definition) is 6. The van der Waals surface area contributed by atoms with Gasteiger partial charge in [0.15, 0.2) is 0 Å². The Kier molecular flexibility index (Phi) is 6.00. The topological polar surface area (TPSA) is 90.9 Å². The molecule has 2 aromatic carbocycles. The number of methoxy groups -OCH3 is 3. The van der Waals surface area contributed by atoms with Crippen LogP contribution in [0.4, 0.5) is 0 Å². The van der Waals surface area contributed by atoms with E-state index in [9.17, 15) is 13.2 Å². The van der Waals surface area contributed by atoms with Crippen LogP contribution in [0, 0.1) is 0 Å². The molecule has 7 nitrogen and oxygen atoms in total. The molecule has 1 N–H and O–H groups in total. The highest BCUT2D eigenvalue weighted by molar-refractivity contribution is 7.89. The van der Waals surface area contributed by atoms with Crippen LogP contribution in [-0.4, -0.2) is 35.7 Å². The molecule has 2 aromatic rings. The summed E-state index contributed by atoms with van der Waals surface area (Å²) in [6.45, 7) is 0.0257. The van der Waals surface area contributed by atoms with E-state index in [0.717, 1.165) is 0 Å². The molecule has 2 rings (SSSR count). The minimum absolute atomic E-state index is 0.0251. The molecule has 0 amide bonds. The van der Waals surface area contributed by atoms with Gasteiger partial charge in [-0.2, -0.15) is 0 Å². The van der Waals surface area contributed by atoms with Crippen LogP contribution in [0.1, 0.15) is 15.9 Å². The highest BCUT2D eigenvalue weighted by Gasteiger charge is 2.17. The molecule has 0 fully saturated rings. The van der Waals surface area contributed by atoms with Gasteiger partial charge in [-0.05, 0) is 24.3 Å². The number of benzene rings is 2. The second-order valence-electron chi connectivity index (χ2n) is 5.02. The van der Waals surface area contributed by atoms with Gasteiger partial charge in [0.2, 0.25) is 10.0 Å². The van der Waals surface area contributed by atoms with Crippen molar-refractivity contribution in [3.05, 3.63) is 53.6 Å². The third-order valence-corrected chi connectivity index (χ3v) is 4.91. The number of carbonyl (C=O) groups is 1. The van der Waals surface area contributed by atoms with E-state index in [1.165, 1.54) is 45.6 Å². The normalized spacial score (nSPS) is 11.0. The van der Waals surface area contributed by atoms with Gasteiger partial charge in [0.25, 0.3) is 0 Å². The van der Waals surface area contributed by atoms with E-state index < -0.39 is 16.0 Å². The molecule has 0 atom stereocenters. The molecule has 0 bridgehead atoms. The predicted octanol–water partition coefficient (Wildman–Crippen LogP) is 1.97. The molecular weight excluding hydrogens is 346 g/mol. The molecule has 25 heavy (non-hydrogen) atoms. The minimum atomic E-state index is -3.81. The Labute approximate surface area is 146 Å². The molecule has 0 unspecified atom stereocenters. The van der Waals surface area contributed by atoms with Crippen LogP contribution in [0.15, 0.2) is 47.4 Å². The lowest BCUT2D eigenvalue weighted by Gasteiger charge is -2.12. The zero-order chi connectivity index (χ0) is 18.4. The van der Waals surface area contributed by atoms with Gasteiger partial charge < -0.3 is 14.2 Å². The molecule has 0 spiro atoms. The fourth-order valence-corrected chi connectivity index (χ4v) is 3.21. The van der Waals surface area contributed by atoms with Gasteiger partial charge in [-0.15, -0.1) is 0 Å². The first-order chi connectivity index (χ1) is 11.9. The third kappa shape index (κ3) is 4.49. The van der Waals surface area contributed by atoms with Crippen LogP contribution >= 0.6 is 0 Å². The van der Waals surface area contributed by atoms with Crippen LogP contribution in [0.25, 0.3) is 0 Å². The van der Waals surface area contributed by atoms with Crippen molar-refractivity contribution in [3.63, 3.8) is 0 Å². The second-order valence-corrected chi connectivity index (χ2v) is 6.79. The first-order valence-corrected chi connectivity index (χ1v) is 8.78. The van der Waals surface area contributed by atoms with E-state index >= 15 is 0 Å². The molecule has 0 aliphatic heterocycles. The van der Waals surface area contributed by atoms with Gasteiger partial charge in [-0.3, -0.25) is 0 Å². The summed E-state index contributed by atoms with van der Waals surface area (Å²) in [5.41, 5.74) is 0.809. The number of nitrogens with one attached hydrogen (secondary N) is 1. The number of carbonyl (C=O) groups excluding carboxylic acids is 1. The number of ether oxygens (including phenoxy) is 3. The quantitative estimate of drug-likeness (QED) is 0.755. The molecule has 0 radical (unpaired) electrons. The van der Waals surface area contributed by atoms with Crippen molar-refractivity contribution in [2.45, 2.75) is 11.4 Å². The van der Waals surface area contributed by atoms with Crippen LogP contribution in [0.2, 0.25) is 0 Å². The lowest BCUT2D eigenvalue weighted by molar-refractivity contribution is 0.0600. The van der Waals surface area contributed by atoms with Crippen molar-refractivity contribution in [1.29, 1.82) is 0 Å². The van der Waals surface area contributed by atoms with Gasteiger partial charge in [0.05, 0.1) is 31.8 Å². The molecule has 0 heterocycles. The van der Waals surface area contributed by atoms with Crippen molar-refractivity contribution in [2.75, 3.05) is 21.3 Å². The summed E-state index contributed by atoms with van der Waals surface area (Å²) in [6.07, 6.45) is 0. The number of esters is 1. The summed E-state index contributed by atoms with van der Waals surface area (Å²) in [7, 11) is 0.452. The monoisotopic (exact) mass is 365 g/mol. The summed E-state index contributed by atoms with van der Waals surface area (Å²) in [5, 5.41) is 0. The van der Waals surface area contributed by atoms with Gasteiger partial charge in [0, 0.05) is 18.2 Å². The van der Waals surface area contributed by atoms with Crippen molar-refractivity contribution in [3.8, 4) is 11.5 Å². The van der Waals surface area contributed by atoms with Crippen molar-refractivity contribution in [2.24, 2.45) is 0 Å². The van der Waals surface area contributed by atoms with Crippen LogP contribution in [0.5, 0.6) is 11.5 Å². The highest BCUT2D eigenvalue weighted by Crippen LogP contribution is 2.25. The molecule has 0 aliphatic carbocycles. The second kappa shape index (κ2) is 8.00. The molecule has 0 saturated carbocycles. The summed E-state index contributed by atoms with van der Waals surface area (Å²) in [6, 6.07) is 10.7. The van der Waals surface area contributed by atoms with Gasteiger partial charge in [-0.25, -0.2) is 17.9 Å². The van der Waals surface area contributed by atoms with Crippen LogP contribution < -0.4 is 14.2 Å². The Morgan fingerprint density at radius 3 is 2.44 bits per heavy atom. The molecule has 8 heteroatoms. The third-order valence-electron chi connectivity index (χ3n) is 3.51. The number of rotatable bonds is 7. The van der Waals surface area contributed by atoms with Crippen molar-refractivity contribution in [1.82, 2.24) is 4.72 Å². The van der Waals surface area contributed by atoms with E-state index in [1.54, 1.807) is 18.2 Å². The minimum Gasteiger partial charge on any atom is -0.497 e. The number of hydrogen-bond donors (Lipinski definition) is 1. The smallest absolute Gasteiger partial charge is 0.337 e. The fourth-order valence-electron chi connectivity index (χ4n) is 2.16. The average Bonchev–Trinajstić information content (AvgIpc) is 2.65. The average molecular weight is 365 g/mol. The van der Waals surface area contributed by atoms with Crippen LogP contribution in [-0.2, 0) is 21.3 Å². The first kappa shape index (κ1) is 18.8. The van der Waals surface area contributed by atoms with E-state index in [2.05, 4.69) is 9.46 Å². The summed E-state index contributed by atoms with van der Waals surface area (Å²) >= 11 is 0. The lowest BCUT2D eigenvalue weighted by atomic mass is 10.2. The number of sulfonamides is 1. The van der Waals surface area contributed by atoms with Gasteiger partial charge in [-0.1, -0.05) is 12.1 Å². The Hall–Kier alpha value is -2.58. The zero-order valence-electron chi connectivity index (χ0n) is 14.1. The Bertz CT molecular complexity index is 863. The van der Waals surface area contributed by atoms with E-state index in [1.807, 2.05) is 0 Å². The molecular formula is C17H19NO6S. The first-order valence-electron chi connectivity index (χ1n) is 7.30. The van der Waals surface area contributed by atoms with E-state index in [-0.39, 0.29) is 17.0 Å². The SMILES string of the molecule is COC(=O)c1cccc(S(=O)(=O)NCc2ccc(OC)cc2OC)c1. The van der Waals surface area contributed by atoms with Crippen LogP contribution in [0.3, 0.4) is 0 Å². The maximum Gasteiger partial charge on any atom is 0.337 e. The standard InChI is InChI=1S/C17H19NO6S/c1-22-14-8-7-13(16(10-14)23-2)11-18-25(20,21)15-6-4-5-12(9-15)17(19)24-3/h4-10,18H,11H2,1-3H3. The van der Waals surface area contributed by atoms with E-state index in [0.29, 0.717) is 17.1 Å². The van der Waals surface area contributed by atoms with Gasteiger partial charge >= 0.3 is 5.97 Å². The molecule has 0 aromatic heterocycles. The van der Waals surface area contributed by atoms with Gasteiger partial charge in [0.1, 0.15) is 11.5 Å². The van der Waals surface area contributed by atoms with Crippen molar-refractivity contribution < 1.29 is 27.4 Å². The summed E-state index contributed by atoms with van der Waals surface area (Å²) in [5.74, 6) is 0.508. The van der Waals surface area contributed by atoms with E-state index in [4.69, 9.17) is 9.47 Å². The maximum absolute atomic E-state index is 12.5. The predicted molar refractivity (Wildman–Crippen MR) is 91.4 cm³/mol. The fraction of sp³-hybridized carbons (Fsp3) is 0.235.